The van der Waals surface area contributed by atoms with Gasteiger partial charge in [-0.2, -0.15) is 0 Å². The van der Waals surface area contributed by atoms with Crippen LogP contribution in [0.5, 0.6) is 0 Å². The van der Waals surface area contributed by atoms with Crippen molar-refractivity contribution in [2.75, 3.05) is 11.4 Å². The van der Waals surface area contributed by atoms with Crippen LogP contribution in [0, 0.1) is 0 Å². The Morgan fingerprint density at radius 3 is 2.63 bits per heavy atom. The highest BCUT2D eigenvalue weighted by Gasteiger charge is 2.35. The largest absolute Gasteiger partial charge is 0.362 e. The Hall–Kier alpha value is -3.35. The minimum absolute atomic E-state index is 0.0940. The smallest absolute Gasteiger partial charge is 0.267 e. The van der Waals surface area contributed by atoms with Gasteiger partial charge in [0.25, 0.3) is 5.91 Å². The molecule has 0 atom stereocenters. The summed E-state index contributed by atoms with van der Waals surface area (Å²) in [6.45, 7) is 10.1. The van der Waals surface area contributed by atoms with Crippen LogP contribution in [0.15, 0.2) is 83.0 Å². The minimum Gasteiger partial charge on any atom is -0.362 e. The Morgan fingerprint density at radius 2 is 1.92 bits per heavy atom. The van der Waals surface area contributed by atoms with Gasteiger partial charge in [0.2, 0.25) is 0 Å². The zero-order valence-electron chi connectivity index (χ0n) is 22.1. The lowest BCUT2D eigenvalue weighted by molar-refractivity contribution is -0.122. The fourth-order valence-electron chi connectivity index (χ4n) is 5.02. The first-order valence-corrected chi connectivity index (χ1v) is 14.0. The molecule has 1 amide bonds. The first-order chi connectivity index (χ1) is 18.3. The van der Waals surface area contributed by atoms with Crippen LogP contribution in [-0.2, 0) is 11.3 Å². The van der Waals surface area contributed by atoms with Gasteiger partial charge in [-0.05, 0) is 92.1 Å². The van der Waals surface area contributed by atoms with Gasteiger partial charge in [-0.3, -0.25) is 14.7 Å². The van der Waals surface area contributed by atoms with Crippen molar-refractivity contribution < 1.29 is 4.79 Å². The van der Waals surface area contributed by atoms with Gasteiger partial charge in [-0.15, -0.1) is 0 Å². The number of amides is 1. The van der Waals surface area contributed by atoms with E-state index in [9.17, 15) is 4.79 Å². The molecule has 0 N–H and O–H groups in total. The summed E-state index contributed by atoms with van der Waals surface area (Å²) >= 11 is 8.24. The van der Waals surface area contributed by atoms with Crippen LogP contribution in [0.4, 0.5) is 11.4 Å². The van der Waals surface area contributed by atoms with Crippen LogP contribution >= 0.6 is 23.4 Å². The van der Waals surface area contributed by atoms with E-state index in [0.717, 1.165) is 41.0 Å². The molecule has 0 unspecified atom stereocenters. The van der Waals surface area contributed by atoms with Crippen molar-refractivity contribution >= 4 is 57.5 Å². The van der Waals surface area contributed by atoms with E-state index >= 15 is 0 Å². The van der Waals surface area contributed by atoms with E-state index in [-0.39, 0.29) is 11.4 Å². The molecule has 0 spiro atoms. The molecule has 3 aromatic rings. The van der Waals surface area contributed by atoms with Crippen LogP contribution in [0.25, 0.3) is 11.6 Å². The Bertz CT molecular complexity index is 1450. The van der Waals surface area contributed by atoms with Crippen molar-refractivity contribution in [1.82, 2.24) is 9.88 Å². The van der Waals surface area contributed by atoms with Crippen molar-refractivity contribution in [3.63, 3.8) is 0 Å². The average molecular weight is 543 g/mol. The van der Waals surface area contributed by atoms with Gasteiger partial charge in [0.15, 0.2) is 5.17 Å². The SMILES string of the molecule is CCCN1c2cc(Cl)c(/C=C3/SC(=Nc4ccccc4)N(Cc4cccnc4)C3=O)cc2C(C)=CC1(C)C. The molecule has 2 aliphatic heterocycles. The molecule has 194 valence electrons. The van der Waals surface area contributed by atoms with E-state index in [2.05, 4.69) is 49.7 Å². The number of para-hydroxylation sites is 1. The summed E-state index contributed by atoms with van der Waals surface area (Å²) < 4.78 is 0. The molecule has 5 rings (SSSR count). The maximum atomic E-state index is 13.7. The third-order valence-electron chi connectivity index (χ3n) is 6.76. The molecule has 1 saturated heterocycles. The molecule has 5 nitrogen and oxygen atoms in total. The van der Waals surface area contributed by atoms with Crippen molar-refractivity contribution in [3.8, 4) is 0 Å². The summed E-state index contributed by atoms with van der Waals surface area (Å²) in [7, 11) is 0. The molecule has 38 heavy (non-hydrogen) atoms. The number of halogens is 1. The number of rotatable bonds is 6. The summed E-state index contributed by atoms with van der Waals surface area (Å²) in [5, 5.41) is 1.26. The van der Waals surface area contributed by atoms with Crippen LogP contribution in [0.2, 0.25) is 5.02 Å². The van der Waals surface area contributed by atoms with Gasteiger partial charge < -0.3 is 4.90 Å². The maximum absolute atomic E-state index is 13.7. The summed E-state index contributed by atoms with van der Waals surface area (Å²) in [6.07, 6.45) is 8.76. The standard InChI is InChI=1S/C31H31ClN4OS/c1-5-14-36-27-17-26(32)23(15-25(27)21(2)18-31(36,3)4)16-28-29(37)35(20-22-10-9-13-33-19-22)30(38-28)34-24-11-7-6-8-12-24/h6-13,15-19H,5,14,20H2,1-4H3/b28-16+,34-30?. The number of aromatic nitrogens is 1. The van der Waals surface area contributed by atoms with Crippen molar-refractivity contribution in [2.24, 2.45) is 4.99 Å². The molecule has 2 aromatic carbocycles. The molecule has 0 saturated carbocycles. The predicted molar refractivity (Wildman–Crippen MR) is 161 cm³/mol. The molecule has 0 bridgehead atoms. The molecule has 1 fully saturated rings. The van der Waals surface area contributed by atoms with Gasteiger partial charge in [0, 0.05) is 35.2 Å². The highest BCUT2D eigenvalue weighted by Crippen LogP contribution is 2.43. The van der Waals surface area contributed by atoms with E-state index in [0.29, 0.717) is 21.6 Å². The molecule has 1 aromatic heterocycles. The monoisotopic (exact) mass is 542 g/mol. The second-order valence-electron chi connectivity index (χ2n) is 10.1. The fourth-order valence-corrected chi connectivity index (χ4v) is 6.22. The first-order valence-electron chi connectivity index (χ1n) is 12.8. The quantitative estimate of drug-likeness (QED) is 0.296. The second-order valence-corrected chi connectivity index (χ2v) is 11.5. The number of hydrogen-bond donors (Lipinski definition) is 0. The molecule has 0 radical (unpaired) electrons. The van der Waals surface area contributed by atoms with Crippen LogP contribution in [-0.4, -0.2) is 33.0 Å². The zero-order chi connectivity index (χ0) is 26.9. The number of carbonyl (C=O) groups is 1. The minimum atomic E-state index is -0.0941. The molecule has 2 aliphatic rings. The molecule has 7 heteroatoms. The Labute approximate surface area is 233 Å². The summed E-state index contributed by atoms with van der Waals surface area (Å²) in [6, 6.07) is 17.7. The molecule has 0 aliphatic carbocycles. The van der Waals surface area contributed by atoms with Gasteiger partial charge in [-0.1, -0.05) is 48.9 Å². The van der Waals surface area contributed by atoms with E-state index in [1.807, 2.05) is 54.6 Å². The Kier molecular flexibility index (Phi) is 7.46. The highest BCUT2D eigenvalue weighted by molar-refractivity contribution is 8.18. The number of benzene rings is 2. The van der Waals surface area contributed by atoms with E-state index in [1.165, 1.54) is 17.3 Å². The number of fused-ring (bicyclic) bond motifs is 1. The Balaban J connectivity index is 1.54. The Morgan fingerprint density at radius 1 is 1.13 bits per heavy atom. The zero-order valence-corrected chi connectivity index (χ0v) is 23.7. The van der Waals surface area contributed by atoms with Crippen LogP contribution in [0.1, 0.15) is 50.8 Å². The number of anilines is 1. The number of hydrogen-bond acceptors (Lipinski definition) is 5. The van der Waals surface area contributed by atoms with E-state index < -0.39 is 0 Å². The summed E-state index contributed by atoms with van der Waals surface area (Å²) in [4.78, 5) is 27.4. The van der Waals surface area contributed by atoms with Crippen molar-refractivity contribution in [2.45, 2.75) is 46.2 Å². The number of aliphatic imine (C=N–C) groups is 1. The van der Waals surface area contributed by atoms with Gasteiger partial charge in [0.05, 0.1) is 22.7 Å². The lowest BCUT2D eigenvalue weighted by Crippen LogP contribution is -2.45. The number of amidine groups is 1. The molecule has 3 heterocycles. The van der Waals surface area contributed by atoms with Crippen LogP contribution < -0.4 is 4.90 Å². The summed E-state index contributed by atoms with van der Waals surface area (Å²) in [5.74, 6) is -0.0941. The maximum Gasteiger partial charge on any atom is 0.267 e. The normalized spacial score (nSPS) is 18.8. The van der Waals surface area contributed by atoms with Crippen molar-refractivity contribution in [3.05, 3.63) is 99.7 Å². The number of carbonyl (C=O) groups excluding carboxylic acids is 1. The second kappa shape index (κ2) is 10.8. The number of pyridine rings is 1. The number of nitrogens with zero attached hydrogens (tertiary/aromatic N) is 4. The molecular formula is C31H31ClN4OS. The molecular weight excluding hydrogens is 512 g/mol. The van der Waals surface area contributed by atoms with Gasteiger partial charge in [-0.25, -0.2) is 4.99 Å². The van der Waals surface area contributed by atoms with Gasteiger partial charge >= 0.3 is 0 Å². The third-order valence-corrected chi connectivity index (χ3v) is 8.10. The van der Waals surface area contributed by atoms with E-state index in [4.69, 9.17) is 16.6 Å². The topological polar surface area (TPSA) is 48.8 Å². The summed E-state index contributed by atoms with van der Waals surface area (Å²) in [5.41, 5.74) is 5.97. The fraction of sp³-hybridized carbons (Fsp3) is 0.258. The average Bonchev–Trinajstić information content (AvgIpc) is 3.17. The lowest BCUT2D eigenvalue weighted by Gasteiger charge is -2.43. The highest BCUT2D eigenvalue weighted by atomic mass is 35.5. The van der Waals surface area contributed by atoms with Crippen molar-refractivity contribution in [1.29, 1.82) is 0 Å². The third kappa shape index (κ3) is 5.29. The van der Waals surface area contributed by atoms with E-state index in [1.54, 1.807) is 17.3 Å². The first kappa shape index (κ1) is 26.3. The van der Waals surface area contributed by atoms with Crippen LogP contribution in [0.3, 0.4) is 0 Å². The van der Waals surface area contributed by atoms with Gasteiger partial charge in [0.1, 0.15) is 0 Å². The number of thioether (sulfide) groups is 1. The lowest BCUT2D eigenvalue weighted by atomic mass is 9.87. The predicted octanol–water partition coefficient (Wildman–Crippen LogP) is 7.95. The number of allylic oxidation sites excluding steroid dienone is 1.